The molecule has 1 atom stereocenters. The Labute approximate surface area is 97.6 Å². The van der Waals surface area contributed by atoms with Gasteiger partial charge in [-0.05, 0) is 51.1 Å². The molecule has 1 aromatic carbocycles. The van der Waals surface area contributed by atoms with Gasteiger partial charge in [0.2, 0.25) is 0 Å². The van der Waals surface area contributed by atoms with Gasteiger partial charge in [0, 0.05) is 24.0 Å². The average Bonchev–Trinajstić information content (AvgIpc) is 2.66. The van der Waals surface area contributed by atoms with E-state index >= 15 is 0 Å². The number of nitrogen functional groups attached to an aromatic ring is 1. The Bertz CT molecular complexity index is 362. The zero-order chi connectivity index (χ0) is 11.5. The number of nitrogens with two attached hydrogens (primary N) is 1. The van der Waals surface area contributed by atoms with Crippen molar-refractivity contribution in [2.24, 2.45) is 0 Å². The summed E-state index contributed by atoms with van der Waals surface area (Å²) < 4.78 is 0. The fraction of sp³-hybridized carbons (Fsp3) is 0.538. The lowest BCUT2D eigenvalue weighted by Crippen LogP contribution is -2.31. The Morgan fingerprint density at radius 2 is 2.31 bits per heavy atom. The molecule has 3 N–H and O–H groups in total. The molecule has 0 amide bonds. The summed E-state index contributed by atoms with van der Waals surface area (Å²) in [5, 5.41) is 3.50. The van der Waals surface area contributed by atoms with Gasteiger partial charge in [0.25, 0.3) is 0 Å². The maximum atomic E-state index is 5.79. The van der Waals surface area contributed by atoms with E-state index in [9.17, 15) is 0 Å². The summed E-state index contributed by atoms with van der Waals surface area (Å²) in [4.78, 5) is 2.43. The second kappa shape index (κ2) is 4.74. The first-order valence-electron chi connectivity index (χ1n) is 5.97. The molecule has 2 rings (SSSR count). The van der Waals surface area contributed by atoms with Gasteiger partial charge in [-0.15, -0.1) is 0 Å². The molecule has 0 saturated carbocycles. The largest absolute Gasteiger partial charge is 0.399 e. The summed E-state index contributed by atoms with van der Waals surface area (Å²) in [6, 6.07) is 6.70. The highest BCUT2D eigenvalue weighted by Gasteiger charge is 2.20. The van der Waals surface area contributed by atoms with E-state index in [0.717, 1.165) is 12.2 Å². The summed E-state index contributed by atoms with van der Waals surface area (Å²) in [5.74, 6) is 0. The van der Waals surface area contributed by atoms with Crippen LogP contribution in [0.3, 0.4) is 0 Å². The van der Waals surface area contributed by atoms with Gasteiger partial charge in [0.05, 0.1) is 0 Å². The molecule has 88 valence electrons. The normalized spacial score (nSPS) is 21.2. The summed E-state index contributed by atoms with van der Waals surface area (Å²) in [5.41, 5.74) is 9.04. The molecular weight excluding hydrogens is 198 g/mol. The van der Waals surface area contributed by atoms with E-state index in [4.69, 9.17) is 5.73 Å². The third kappa shape index (κ3) is 2.47. The van der Waals surface area contributed by atoms with Crippen LogP contribution < -0.4 is 11.1 Å². The van der Waals surface area contributed by atoms with Crippen LogP contribution in [0.1, 0.15) is 18.4 Å². The number of nitrogens with one attached hydrogen (secondary N) is 1. The van der Waals surface area contributed by atoms with Gasteiger partial charge in [0.15, 0.2) is 0 Å². The number of nitrogens with zero attached hydrogens (tertiary/aromatic N) is 1. The quantitative estimate of drug-likeness (QED) is 0.765. The maximum absolute atomic E-state index is 5.79. The van der Waals surface area contributed by atoms with E-state index in [1.807, 2.05) is 12.1 Å². The van der Waals surface area contributed by atoms with Gasteiger partial charge in [0.1, 0.15) is 0 Å². The Morgan fingerprint density at radius 1 is 1.50 bits per heavy atom. The van der Waals surface area contributed by atoms with Crippen LogP contribution in [0.25, 0.3) is 0 Å². The molecule has 1 heterocycles. The summed E-state index contributed by atoms with van der Waals surface area (Å²) in [7, 11) is 2.20. The zero-order valence-corrected chi connectivity index (χ0v) is 10.2. The van der Waals surface area contributed by atoms with Crippen LogP contribution in [-0.2, 0) is 0 Å². The van der Waals surface area contributed by atoms with Crippen molar-refractivity contribution >= 4 is 11.4 Å². The van der Waals surface area contributed by atoms with Crippen molar-refractivity contribution < 1.29 is 0 Å². The highest BCUT2D eigenvalue weighted by atomic mass is 15.2. The van der Waals surface area contributed by atoms with E-state index < -0.39 is 0 Å². The molecule has 3 nitrogen and oxygen atoms in total. The zero-order valence-electron chi connectivity index (χ0n) is 10.2. The molecule has 1 aromatic rings. The lowest BCUT2D eigenvalue weighted by molar-refractivity contribution is 0.322. The molecule has 1 unspecified atom stereocenters. The Hall–Kier alpha value is -1.22. The monoisotopic (exact) mass is 219 g/mol. The smallest absolute Gasteiger partial charge is 0.0391 e. The average molecular weight is 219 g/mol. The Morgan fingerprint density at radius 3 is 3.00 bits per heavy atom. The molecule has 1 fully saturated rings. The van der Waals surface area contributed by atoms with Crippen molar-refractivity contribution in [2.75, 3.05) is 31.2 Å². The SMILES string of the molecule is Cc1ccc(N)cc1NCC1CCCN1C. The molecule has 0 bridgehead atoms. The van der Waals surface area contributed by atoms with Crippen molar-refractivity contribution in [1.82, 2.24) is 4.90 Å². The standard InChI is InChI=1S/C13H21N3/c1-10-5-6-11(14)8-13(10)15-9-12-4-3-7-16(12)2/h5-6,8,12,15H,3-4,7,9,14H2,1-2H3. The highest BCUT2D eigenvalue weighted by Crippen LogP contribution is 2.20. The van der Waals surface area contributed by atoms with Gasteiger partial charge in [-0.2, -0.15) is 0 Å². The number of anilines is 2. The second-order valence-electron chi connectivity index (χ2n) is 4.73. The molecule has 1 aliphatic heterocycles. The molecule has 1 aliphatic rings. The Balaban J connectivity index is 1.96. The first-order chi connectivity index (χ1) is 7.66. The molecule has 1 saturated heterocycles. The summed E-state index contributed by atoms with van der Waals surface area (Å²) in [6.07, 6.45) is 2.61. The fourth-order valence-electron chi connectivity index (χ4n) is 2.30. The predicted molar refractivity (Wildman–Crippen MR) is 69.7 cm³/mol. The minimum atomic E-state index is 0.667. The molecule has 0 spiro atoms. The van der Waals surface area contributed by atoms with E-state index in [0.29, 0.717) is 6.04 Å². The topological polar surface area (TPSA) is 41.3 Å². The first-order valence-corrected chi connectivity index (χ1v) is 5.97. The van der Waals surface area contributed by atoms with Gasteiger partial charge in [-0.3, -0.25) is 0 Å². The third-order valence-electron chi connectivity index (χ3n) is 3.46. The van der Waals surface area contributed by atoms with Gasteiger partial charge in [-0.25, -0.2) is 0 Å². The number of likely N-dealkylation sites (N-methyl/N-ethyl adjacent to an activating group) is 1. The summed E-state index contributed by atoms with van der Waals surface area (Å²) in [6.45, 7) is 4.35. The van der Waals surface area contributed by atoms with Crippen LogP contribution in [0.15, 0.2) is 18.2 Å². The molecule has 3 heteroatoms. The molecule has 0 radical (unpaired) electrons. The van der Waals surface area contributed by atoms with Crippen molar-refractivity contribution in [2.45, 2.75) is 25.8 Å². The molecule has 0 aliphatic carbocycles. The van der Waals surface area contributed by atoms with Crippen molar-refractivity contribution in [3.8, 4) is 0 Å². The van der Waals surface area contributed by atoms with Crippen molar-refractivity contribution in [3.05, 3.63) is 23.8 Å². The minimum absolute atomic E-state index is 0.667. The summed E-state index contributed by atoms with van der Waals surface area (Å²) >= 11 is 0. The number of rotatable bonds is 3. The number of benzene rings is 1. The number of aryl methyl sites for hydroxylation is 1. The van der Waals surface area contributed by atoms with Crippen molar-refractivity contribution in [3.63, 3.8) is 0 Å². The highest BCUT2D eigenvalue weighted by molar-refractivity contribution is 5.59. The molecular formula is C13H21N3. The molecule has 16 heavy (non-hydrogen) atoms. The minimum Gasteiger partial charge on any atom is -0.399 e. The first kappa shape index (κ1) is 11.3. The maximum Gasteiger partial charge on any atom is 0.0391 e. The second-order valence-corrected chi connectivity index (χ2v) is 4.73. The number of hydrogen-bond acceptors (Lipinski definition) is 3. The predicted octanol–water partition coefficient (Wildman–Crippen LogP) is 2.08. The van der Waals surface area contributed by atoms with Crippen LogP contribution in [0.2, 0.25) is 0 Å². The fourth-order valence-corrected chi connectivity index (χ4v) is 2.30. The van der Waals surface area contributed by atoms with E-state index in [1.165, 1.54) is 30.6 Å². The number of likely N-dealkylation sites (tertiary alicyclic amines) is 1. The van der Waals surface area contributed by atoms with Crippen LogP contribution >= 0.6 is 0 Å². The van der Waals surface area contributed by atoms with Crippen LogP contribution in [0.5, 0.6) is 0 Å². The Kier molecular flexibility index (Phi) is 3.34. The van der Waals surface area contributed by atoms with Gasteiger partial charge in [-0.1, -0.05) is 6.07 Å². The van der Waals surface area contributed by atoms with Crippen LogP contribution in [0.4, 0.5) is 11.4 Å². The van der Waals surface area contributed by atoms with Crippen LogP contribution in [-0.4, -0.2) is 31.1 Å². The van der Waals surface area contributed by atoms with Crippen LogP contribution in [0, 0.1) is 6.92 Å². The van der Waals surface area contributed by atoms with Gasteiger partial charge < -0.3 is 16.0 Å². The van der Waals surface area contributed by atoms with Gasteiger partial charge >= 0.3 is 0 Å². The van der Waals surface area contributed by atoms with E-state index in [2.05, 4.69) is 30.3 Å². The third-order valence-corrected chi connectivity index (χ3v) is 3.46. The lowest BCUT2D eigenvalue weighted by Gasteiger charge is -2.21. The lowest BCUT2D eigenvalue weighted by atomic mass is 10.1. The molecule has 0 aromatic heterocycles. The van der Waals surface area contributed by atoms with E-state index in [1.54, 1.807) is 0 Å². The number of hydrogen-bond donors (Lipinski definition) is 2. The van der Waals surface area contributed by atoms with Crippen molar-refractivity contribution in [1.29, 1.82) is 0 Å². The van der Waals surface area contributed by atoms with E-state index in [-0.39, 0.29) is 0 Å².